The molecule has 0 atom stereocenters. The second kappa shape index (κ2) is 11.8. The van der Waals surface area contributed by atoms with E-state index in [4.69, 9.17) is 39.5 Å². The molecular formula is C24H15Cl3I2N2O2. The van der Waals surface area contributed by atoms with Crippen LogP contribution in [0, 0.1) is 25.4 Å². The summed E-state index contributed by atoms with van der Waals surface area (Å²) in [4.78, 5) is 12.7. The van der Waals surface area contributed by atoms with Gasteiger partial charge in [-0.15, -0.1) is 0 Å². The molecule has 1 N–H and O–H groups in total. The minimum absolute atomic E-state index is 0.0254. The van der Waals surface area contributed by atoms with Crippen LogP contribution >= 0.6 is 80.0 Å². The highest BCUT2D eigenvalue weighted by molar-refractivity contribution is 14.1. The van der Waals surface area contributed by atoms with Crippen molar-refractivity contribution in [1.29, 1.82) is 5.26 Å². The average molecular weight is 724 g/mol. The summed E-state index contributed by atoms with van der Waals surface area (Å²) in [6.45, 7) is 2.13. The minimum Gasteiger partial charge on any atom is -0.487 e. The lowest BCUT2D eigenvalue weighted by molar-refractivity contribution is -0.112. The number of nitriles is 1. The first-order valence-electron chi connectivity index (χ1n) is 9.43. The van der Waals surface area contributed by atoms with Crippen molar-refractivity contribution in [3.63, 3.8) is 0 Å². The number of nitrogens with one attached hydrogen (secondary N) is 1. The summed E-state index contributed by atoms with van der Waals surface area (Å²) in [6.07, 6.45) is 1.54. The van der Waals surface area contributed by atoms with Crippen LogP contribution in [0.5, 0.6) is 5.75 Å². The van der Waals surface area contributed by atoms with Gasteiger partial charge < -0.3 is 10.1 Å². The van der Waals surface area contributed by atoms with Crippen molar-refractivity contribution in [1.82, 2.24) is 0 Å². The zero-order valence-electron chi connectivity index (χ0n) is 17.1. The zero-order valence-corrected chi connectivity index (χ0v) is 23.6. The van der Waals surface area contributed by atoms with Gasteiger partial charge in [-0.1, -0.05) is 46.9 Å². The Morgan fingerprint density at radius 3 is 2.33 bits per heavy atom. The van der Waals surface area contributed by atoms with E-state index in [0.29, 0.717) is 32.1 Å². The monoisotopic (exact) mass is 722 g/mol. The van der Waals surface area contributed by atoms with Gasteiger partial charge in [-0.3, -0.25) is 4.79 Å². The zero-order chi connectivity index (χ0) is 24.1. The van der Waals surface area contributed by atoms with Crippen molar-refractivity contribution in [2.24, 2.45) is 0 Å². The lowest BCUT2D eigenvalue weighted by atomic mass is 10.1. The SMILES string of the molecule is Cc1ccc(Cl)cc1NC(=O)/C(C#N)=C/c1cc(I)c(OCc2ccc(Cl)cc2Cl)c(I)c1. The first-order valence-corrected chi connectivity index (χ1v) is 12.7. The van der Waals surface area contributed by atoms with Gasteiger partial charge in [0.25, 0.3) is 5.91 Å². The summed E-state index contributed by atoms with van der Waals surface area (Å²) in [6, 6.07) is 16.1. The number of carbonyl (C=O) groups is 1. The second-order valence-corrected chi connectivity index (χ2v) is 10.5. The molecule has 0 aliphatic carbocycles. The van der Waals surface area contributed by atoms with Gasteiger partial charge in [0.1, 0.15) is 24.0 Å². The fourth-order valence-electron chi connectivity index (χ4n) is 2.82. The molecule has 0 aliphatic rings. The molecule has 0 fully saturated rings. The number of benzene rings is 3. The molecule has 0 spiro atoms. The lowest BCUT2D eigenvalue weighted by Crippen LogP contribution is -2.14. The standard InChI is InChI=1S/C24H15Cl3I2N2O2/c1-13-2-4-18(26)10-22(13)31-24(32)16(11-30)6-14-7-20(28)23(21(29)8-14)33-12-15-3-5-17(25)9-19(15)27/h2-10H,12H2,1H3,(H,31,32)/b16-6+. The molecule has 1 amide bonds. The van der Waals surface area contributed by atoms with Gasteiger partial charge in [-0.2, -0.15) is 5.26 Å². The highest BCUT2D eigenvalue weighted by atomic mass is 127. The molecule has 33 heavy (non-hydrogen) atoms. The second-order valence-electron chi connectivity index (χ2n) is 6.92. The van der Waals surface area contributed by atoms with E-state index >= 15 is 0 Å². The Morgan fingerprint density at radius 1 is 1.06 bits per heavy atom. The van der Waals surface area contributed by atoms with Crippen molar-refractivity contribution < 1.29 is 9.53 Å². The van der Waals surface area contributed by atoms with Crippen molar-refractivity contribution in [2.45, 2.75) is 13.5 Å². The average Bonchev–Trinajstić information content (AvgIpc) is 2.75. The van der Waals surface area contributed by atoms with Gasteiger partial charge in [0, 0.05) is 26.3 Å². The van der Waals surface area contributed by atoms with E-state index in [0.717, 1.165) is 18.3 Å². The number of ether oxygens (including phenoxy) is 1. The summed E-state index contributed by atoms with van der Waals surface area (Å²) in [5.74, 6) is 0.183. The number of aryl methyl sites for hydroxylation is 1. The van der Waals surface area contributed by atoms with Crippen molar-refractivity contribution in [3.05, 3.63) is 93.0 Å². The molecule has 0 unspecified atom stereocenters. The van der Waals surface area contributed by atoms with E-state index in [1.54, 1.807) is 36.4 Å². The maximum atomic E-state index is 12.7. The third kappa shape index (κ3) is 6.99. The Balaban J connectivity index is 1.80. The van der Waals surface area contributed by atoms with Crippen LogP contribution in [-0.4, -0.2) is 5.91 Å². The van der Waals surface area contributed by atoms with Gasteiger partial charge >= 0.3 is 0 Å². The van der Waals surface area contributed by atoms with E-state index in [-0.39, 0.29) is 12.2 Å². The van der Waals surface area contributed by atoms with Crippen LogP contribution in [0.1, 0.15) is 16.7 Å². The van der Waals surface area contributed by atoms with Crippen LogP contribution in [0.25, 0.3) is 6.08 Å². The molecule has 0 saturated carbocycles. The fourth-order valence-corrected chi connectivity index (χ4v) is 5.59. The number of nitrogens with zero attached hydrogens (tertiary/aromatic N) is 1. The molecule has 4 nitrogen and oxygen atoms in total. The summed E-state index contributed by atoms with van der Waals surface area (Å²) in [7, 11) is 0. The highest BCUT2D eigenvalue weighted by Crippen LogP contribution is 2.32. The van der Waals surface area contributed by atoms with E-state index in [9.17, 15) is 10.1 Å². The molecule has 0 saturated heterocycles. The molecule has 0 heterocycles. The Labute approximate surface area is 234 Å². The van der Waals surface area contributed by atoms with E-state index in [1.165, 1.54) is 0 Å². The number of carbonyl (C=O) groups excluding carboxylic acids is 1. The van der Waals surface area contributed by atoms with Crippen LogP contribution in [0.2, 0.25) is 15.1 Å². The molecule has 0 bridgehead atoms. The Morgan fingerprint density at radius 2 is 1.70 bits per heavy atom. The topological polar surface area (TPSA) is 62.1 Å². The molecule has 168 valence electrons. The van der Waals surface area contributed by atoms with Gasteiger partial charge in [0.15, 0.2) is 0 Å². The summed E-state index contributed by atoms with van der Waals surface area (Å²) in [5, 5.41) is 13.9. The molecule has 0 aliphatic heterocycles. The maximum absolute atomic E-state index is 12.7. The molecule has 3 aromatic rings. The van der Waals surface area contributed by atoms with Crippen molar-refractivity contribution >= 4 is 97.7 Å². The van der Waals surface area contributed by atoms with Crippen LogP contribution in [0.15, 0.2) is 54.1 Å². The minimum atomic E-state index is -0.509. The lowest BCUT2D eigenvalue weighted by Gasteiger charge is -2.13. The van der Waals surface area contributed by atoms with Crippen LogP contribution in [0.4, 0.5) is 5.69 Å². The van der Waals surface area contributed by atoms with Gasteiger partial charge in [0.05, 0.1) is 7.14 Å². The predicted octanol–water partition coefficient (Wildman–Crippen LogP) is 8.29. The highest BCUT2D eigenvalue weighted by Gasteiger charge is 2.14. The largest absolute Gasteiger partial charge is 0.487 e. The number of halogens is 5. The number of hydrogen-bond donors (Lipinski definition) is 1. The normalized spacial score (nSPS) is 11.1. The molecule has 0 aromatic heterocycles. The van der Waals surface area contributed by atoms with E-state index in [2.05, 4.69) is 50.5 Å². The third-order valence-corrected chi connectivity index (χ3v) is 6.96. The quantitative estimate of drug-likeness (QED) is 0.158. The van der Waals surface area contributed by atoms with Gasteiger partial charge in [-0.25, -0.2) is 0 Å². The molecule has 9 heteroatoms. The van der Waals surface area contributed by atoms with Crippen LogP contribution in [-0.2, 0) is 11.4 Å². The van der Waals surface area contributed by atoms with E-state index < -0.39 is 5.91 Å². The third-order valence-electron chi connectivity index (χ3n) is 4.53. The number of anilines is 1. The smallest absolute Gasteiger partial charge is 0.266 e. The molecule has 3 rings (SSSR count). The molecule has 0 radical (unpaired) electrons. The van der Waals surface area contributed by atoms with Crippen molar-refractivity contribution in [2.75, 3.05) is 5.32 Å². The van der Waals surface area contributed by atoms with Crippen LogP contribution in [0.3, 0.4) is 0 Å². The predicted molar refractivity (Wildman–Crippen MR) is 151 cm³/mol. The number of amides is 1. The number of hydrogen-bond acceptors (Lipinski definition) is 3. The summed E-state index contributed by atoms with van der Waals surface area (Å²) in [5.41, 5.74) is 2.90. The van der Waals surface area contributed by atoms with Gasteiger partial charge in [0.2, 0.25) is 0 Å². The Bertz CT molecular complexity index is 1280. The molecular weight excluding hydrogens is 708 g/mol. The molecule has 3 aromatic carbocycles. The Hall–Kier alpha value is -1.51. The van der Waals surface area contributed by atoms with Gasteiger partial charge in [-0.05, 0) is 106 Å². The Kier molecular flexibility index (Phi) is 9.30. The number of rotatable bonds is 6. The maximum Gasteiger partial charge on any atom is 0.266 e. The summed E-state index contributed by atoms with van der Waals surface area (Å²) >= 11 is 22.5. The fraction of sp³-hybridized carbons (Fsp3) is 0.0833. The van der Waals surface area contributed by atoms with E-state index in [1.807, 2.05) is 31.2 Å². The van der Waals surface area contributed by atoms with Crippen molar-refractivity contribution in [3.8, 4) is 11.8 Å². The summed E-state index contributed by atoms with van der Waals surface area (Å²) < 4.78 is 7.66. The first-order chi connectivity index (χ1) is 15.7. The van der Waals surface area contributed by atoms with Crippen LogP contribution < -0.4 is 10.1 Å². The first kappa shape index (κ1) is 26.1.